The van der Waals surface area contributed by atoms with Crippen molar-refractivity contribution in [1.82, 2.24) is 9.80 Å². The zero-order chi connectivity index (χ0) is 13.2. The first-order valence-corrected chi connectivity index (χ1v) is 6.97. The van der Waals surface area contributed by atoms with Gasteiger partial charge in [0, 0.05) is 26.2 Å². The highest BCUT2D eigenvalue weighted by Crippen LogP contribution is 2.19. The first kappa shape index (κ1) is 12.6. The summed E-state index contributed by atoms with van der Waals surface area (Å²) in [5, 5.41) is 9.49. The lowest BCUT2D eigenvalue weighted by Gasteiger charge is -2.30. The highest BCUT2D eigenvalue weighted by atomic mass is 16.3. The summed E-state index contributed by atoms with van der Waals surface area (Å²) in [6, 6.07) is 8.34. The Labute approximate surface area is 113 Å². The van der Waals surface area contributed by atoms with Crippen LogP contribution in [-0.4, -0.2) is 53.1 Å². The number of carbonyl (C=O) groups is 1. The molecule has 102 valence electrons. The summed E-state index contributed by atoms with van der Waals surface area (Å²) in [6.45, 7) is 3.45. The highest BCUT2D eigenvalue weighted by molar-refractivity contribution is 5.78. The molecule has 4 heteroatoms. The minimum atomic E-state index is -0.255. The van der Waals surface area contributed by atoms with Gasteiger partial charge in [-0.15, -0.1) is 0 Å². The molecule has 2 aliphatic rings. The van der Waals surface area contributed by atoms with Crippen molar-refractivity contribution >= 4 is 5.91 Å². The maximum atomic E-state index is 12.3. The normalized spacial score (nSPS) is 23.4. The molecule has 0 radical (unpaired) electrons. The van der Waals surface area contributed by atoms with Crippen molar-refractivity contribution in [3.05, 3.63) is 35.4 Å². The predicted molar refractivity (Wildman–Crippen MR) is 72.6 cm³/mol. The molecule has 0 saturated carbocycles. The second kappa shape index (κ2) is 5.31. The summed E-state index contributed by atoms with van der Waals surface area (Å²) < 4.78 is 0. The smallest absolute Gasteiger partial charge is 0.237 e. The third-order valence-electron chi connectivity index (χ3n) is 4.09. The van der Waals surface area contributed by atoms with Crippen LogP contribution in [0, 0.1) is 0 Å². The van der Waals surface area contributed by atoms with E-state index in [4.69, 9.17) is 0 Å². The van der Waals surface area contributed by atoms with Crippen molar-refractivity contribution in [3.63, 3.8) is 0 Å². The van der Waals surface area contributed by atoms with E-state index >= 15 is 0 Å². The maximum absolute atomic E-state index is 12.3. The topological polar surface area (TPSA) is 43.8 Å². The molecule has 3 rings (SSSR count). The van der Waals surface area contributed by atoms with Crippen LogP contribution in [0.25, 0.3) is 0 Å². The van der Waals surface area contributed by atoms with E-state index in [1.165, 1.54) is 11.1 Å². The lowest BCUT2D eigenvalue weighted by molar-refractivity contribution is -0.133. The Balaban J connectivity index is 1.60. The molecule has 4 nitrogen and oxygen atoms in total. The van der Waals surface area contributed by atoms with Gasteiger partial charge in [-0.25, -0.2) is 0 Å². The number of hydrogen-bond acceptors (Lipinski definition) is 3. The van der Waals surface area contributed by atoms with E-state index in [0.717, 1.165) is 32.5 Å². The molecule has 2 heterocycles. The first-order valence-electron chi connectivity index (χ1n) is 6.97. The van der Waals surface area contributed by atoms with Crippen molar-refractivity contribution in [2.75, 3.05) is 26.2 Å². The molecule has 1 aromatic carbocycles. The molecular weight excluding hydrogens is 240 g/mol. The molecule has 2 aliphatic heterocycles. The van der Waals surface area contributed by atoms with Crippen molar-refractivity contribution in [3.8, 4) is 0 Å². The number of nitrogens with zero attached hydrogens (tertiary/aromatic N) is 2. The van der Waals surface area contributed by atoms with Crippen LogP contribution in [0.15, 0.2) is 24.3 Å². The number of aliphatic hydroxyl groups is 1. The molecule has 1 unspecified atom stereocenters. The second-order valence-electron chi connectivity index (χ2n) is 5.51. The van der Waals surface area contributed by atoms with Gasteiger partial charge in [0.05, 0.1) is 12.6 Å². The fraction of sp³-hybridized carbons (Fsp3) is 0.533. The number of fused-ring (bicyclic) bond motifs is 1. The van der Waals surface area contributed by atoms with E-state index in [2.05, 4.69) is 18.2 Å². The largest absolute Gasteiger partial charge is 0.392 e. The number of benzene rings is 1. The number of hydrogen-bond donors (Lipinski definition) is 1. The van der Waals surface area contributed by atoms with Gasteiger partial charge in [-0.1, -0.05) is 24.3 Å². The quantitative estimate of drug-likeness (QED) is 0.848. The zero-order valence-electron chi connectivity index (χ0n) is 11.1. The van der Waals surface area contributed by atoms with Crippen LogP contribution in [0.2, 0.25) is 0 Å². The predicted octanol–water partition coefficient (Wildman–Crippen LogP) is 0.638. The molecule has 0 spiro atoms. The number of likely N-dealkylation sites (tertiary alicyclic amines) is 1. The Morgan fingerprint density at radius 1 is 1.26 bits per heavy atom. The fourth-order valence-electron chi connectivity index (χ4n) is 2.96. The van der Waals surface area contributed by atoms with Crippen LogP contribution < -0.4 is 0 Å². The van der Waals surface area contributed by atoms with Crippen LogP contribution >= 0.6 is 0 Å². The molecule has 1 saturated heterocycles. The van der Waals surface area contributed by atoms with Crippen molar-refractivity contribution in [2.45, 2.75) is 25.5 Å². The molecule has 0 aromatic heterocycles. The summed E-state index contributed by atoms with van der Waals surface area (Å²) in [4.78, 5) is 16.3. The molecule has 0 bridgehead atoms. The second-order valence-corrected chi connectivity index (χ2v) is 5.51. The Hall–Kier alpha value is -1.39. The zero-order valence-corrected chi connectivity index (χ0v) is 11.1. The van der Waals surface area contributed by atoms with Crippen LogP contribution in [0.5, 0.6) is 0 Å². The van der Waals surface area contributed by atoms with Crippen LogP contribution in [-0.2, 0) is 17.8 Å². The fourth-order valence-corrected chi connectivity index (χ4v) is 2.96. The van der Waals surface area contributed by atoms with E-state index < -0.39 is 0 Å². The molecule has 1 N–H and O–H groups in total. The highest BCUT2D eigenvalue weighted by Gasteiger charge is 2.26. The molecular formula is C15H20N2O2. The average Bonchev–Trinajstić information content (AvgIpc) is 2.83. The number of carbonyl (C=O) groups excluding carboxylic acids is 1. The van der Waals surface area contributed by atoms with Gasteiger partial charge >= 0.3 is 0 Å². The van der Waals surface area contributed by atoms with E-state index in [9.17, 15) is 9.90 Å². The maximum Gasteiger partial charge on any atom is 0.237 e. The Kier molecular flexibility index (Phi) is 3.53. The van der Waals surface area contributed by atoms with E-state index in [1.54, 1.807) is 0 Å². The third kappa shape index (κ3) is 2.80. The summed E-state index contributed by atoms with van der Waals surface area (Å²) in [7, 11) is 0. The van der Waals surface area contributed by atoms with Gasteiger partial charge < -0.3 is 10.0 Å². The first-order chi connectivity index (χ1) is 9.22. The summed E-state index contributed by atoms with van der Waals surface area (Å²) >= 11 is 0. The van der Waals surface area contributed by atoms with E-state index in [1.807, 2.05) is 15.9 Å². The molecule has 0 aliphatic carbocycles. The number of rotatable bonds is 2. The Morgan fingerprint density at radius 3 is 2.79 bits per heavy atom. The summed E-state index contributed by atoms with van der Waals surface area (Å²) in [5.74, 6) is 0.184. The lowest BCUT2D eigenvalue weighted by Crippen LogP contribution is -2.42. The minimum Gasteiger partial charge on any atom is -0.392 e. The van der Waals surface area contributed by atoms with E-state index in [0.29, 0.717) is 13.1 Å². The van der Waals surface area contributed by atoms with Crippen molar-refractivity contribution in [2.24, 2.45) is 0 Å². The van der Waals surface area contributed by atoms with Crippen LogP contribution in [0.4, 0.5) is 0 Å². The Bertz CT molecular complexity index is 475. The number of aliphatic hydroxyl groups excluding tert-OH is 1. The van der Waals surface area contributed by atoms with Crippen molar-refractivity contribution in [1.29, 1.82) is 0 Å². The monoisotopic (exact) mass is 260 g/mol. The van der Waals surface area contributed by atoms with Gasteiger partial charge in [-0.2, -0.15) is 0 Å². The average molecular weight is 260 g/mol. The Morgan fingerprint density at radius 2 is 2.05 bits per heavy atom. The van der Waals surface area contributed by atoms with E-state index in [-0.39, 0.29) is 12.0 Å². The van der Waals surface area contributed by atoms with Gasteiger partial charge in [0.25, 0.3) is 0 Å². The number of amides is 1. The van der Waals surface area contributed by atoms with Gasteiger partial charge in [0.2, 0.25) is 5.91 Å². The molecule has 1 amide bonds. The van der Waals surface area contributed by atoms with Crippen molar-refractivity contribution < 1.29 is 9.90 Å². The standard InChI is InChI=1S/C15H20N2O2/c18-14-6-7-16(10-14)11-15(19)17-8-5-12-3-1-2-4-13(12)9-17/h1-4,14,18H,5-11H2. The SMILES string of the molecule is O=C(CN1CCC(O)C1)N1CCc2ccccc2C1. The lowest BCUT2D eigenvalue weighted by atomic mass is 10.00. The van der Waals surface area contributed by atoms with Crippen LogP contribution in [0.3, 0.4) is 0 Å². The molecule has 1 aromatic rings. The third-order valence-corrected chi connectivity index (χ3v) is 4.09. The van der Waals surface area contributed by atoms with Gasteiger partial charge in [-0.3, -0.25) is 9.69 Å². The van der Waals surface area contributed by atoms with Crippen LogP contribution in [0.1, 0.15) is 17.5 Å². The molecule has 1 atom stereocenters. The number of β-amino-alcohol motifs (C(OH)–C–C–N with tert-alkyl or cyclic N) is 1. The van der Waals surface area contributed by atoms with Gasteiger partial charge in [-0.05, 0) is 24.0 Å². The summed E-state index contributed by atoms with van der Waals surface area (Å²) in [6.07, 6.45) is 1.48. The minimum absolute atomic E-state index is 0.184. The van der Waals surface area contributed by atoms with Gasteiger partial charge in [0.1, 0.15) is 0 Å². The van der Waals surface area contributed by atoms with Gasteiger partial charge in [0.15, 0.2) is 0 Å². The molecule has 1 fully saturated rings. The summed E-state index contributed by atoms with van der Waals surface area (Å²) in [5.41, 5.74) is 2.63. The molecule has 19 heavy (non-hydrogen) atoms.